The smallest absolute Gasteiger partial charge is 0.161 e. The quantitative estimate of drug-likeness (QED) is 0.303. The summed E-state index contributed by atoms with van der Waals surface area (Å²) in [7, 11) is 0. The molecule has 3 nitrogen and oxygen atoms in total. The Hall–Kier alpha value is -0.740. The number of rotatable bonds is 1. The zero-order valence-electron chi connectivity index (χ0n) is 5.97. The molecule has 1 heterocycles. The fraction of sp³-hybridized carbons (Fsp3) is 0.167. The van der Waals surface area contributed by atoms with E-state index in [1.54, 1.807) is 0 Å². The van der Waals surface area contributed by atoms with Gasteiger partial charge in [0.2, 0.25) is 0 Å². The average Bonchev–Trinajstić information content (AvgIpc) is 2.32. The van der Waals surface area contributed by atoms with E-state index in [1.807, 2.05) is 12.3 Å². The van der Waals surface area contributed by atoms with E-state index < -0.39 is 0 Å². The van der Waals surface area contributed by atoms with E-state index >= 15 is 0 Å². The van der Waals surface area contributed by atoms with Crippen LogP contribution in [0.4, 0.5) is 0 Å². The lowest BCUT2D eigenvalue weighted by molar-refractivity contribution is 1.23. The largest absolute Gasteiger partial charge is 0.381 e. The summed E-state index contributed by atoms with van der Waals surface area (Å²) in [5.74, 6) is 5.28. The molecule has 0 radical (unpaired) electrons. The SMILES string of the molecule is Cc1csc(C(N)=NN)c1Cl. The molecule has 5 heteroatoms. The molecule has 0 spiro atoms. The Kier molecular flexibility index (Phi) is 2.36. The molecule has 60 valence electrons. The van der Waals surface area contributed by atoms with Crippen LogP contribution in [-0.2, 0) is 0 Å². The number of thiophene rings is 1. The van der Waals surface area contributed by atoms with Crippen molar-refractivity contribution < 1.29 is 0 Å². The molecular formula is C6H8ClN3S. The highest BCUT2D eigenvalue weighted by Crippen LogP contribution is 2.26. The fourth-order valence-electron chi connectivity index (χ4n) is 0.661. The number of hydrogen-bond acceptors (Lipinski definition) is 3. The van der Waals surface area contributed by atoms with Crippen LogP contribution in [0.2, 0.25) is 5.02 Å². The van der Waals surface area contributed by atoms with Gasteiger partial charge in [-0.15, -0.1) is 11.3 Å². The zero-order chi connectivity index (χ0) is 8.43. The van der Waals surface area contributed by atoms with Gasteiger partial charge in [0.25, 0.3) is 0 Å². The van der Waals surface area contributed by atoms with Crippen LogP contribution in [0.25, 0.3) is 0 Å². The first-order valence-electron chi connectivity index (χ1n) is 2.94. The summed E-state index contributed by atoms with van der Waals surface area (Å²) in [6.07, 6.45) is 0. The van der Waals surface area contributed by atoms with E-state index in [2.05, 4.69) is 5.10 Å². The van der Waals surface area contributed by atoms with E-state index in [0.717, 1.165) is 10.4 Å². The van der Waals surface area contributed by atoms with Crippen LogP contribution in [0.1, 0.15) is 10.4 Å². The summed E-state index contributed by atoms with van der Waals surface area (Å²) in [6, 6.07) is 0. The molecule has 1 rings (SSSR count). The summed E-state index contributed by atoms with van der Waals surface area (Å²) >= 11 is 7.32. The van der Waals surface area contributed by atoms with Crippen molar-refractivity contribution in [3.63, 3.8) is 0 Å². The number of hydrazone groups is 1. The van der Waals surface area contributed by atoms with Gasteiger partial charge >= 0.3 is 0 Å². The van der Waals surface area contributed by atoms with Crippen LogP contribution >= 0.6 is 22.9 Å². The summed E-state index contributed by atoms with van der Waals surface area (Å²) in [5.41, 5.74) is 6.46. The summed E-state index contributed by atoms with van der Waals surface area (Å²) < 4.78 is 0. The molecule has 1 aromatic heterocycles. The molecule has 0 unspecified atom stereocenters. The predicted molar refractivity (Wildman–Crippen MR) is 49.0 cm³/mol. The molecule has 0 aliphatic carbocycles. The normalized spacial score (nSPS) is 12.0. The zero-order valence-corrected chi connectivity index (χ0v) is 7.54. The van der Waals surface area contributed by atoms with Gasteiger partial charge in [-0.3, -0.25) is 0 Å². The van der Waals surface area contributed by atoms with Crippen LogP contribution < -0.4 is 11.6 Å². The second kappa shape index (κ2) is 3.11. The third-order valence-electron chi connectivity index (χ3n) is 1.27. The second-order valence-corrected chi connectivity index (χ2v) is 3.33. The van der Waals surface area contributed by atoms with Gasteiger partial charge in [-0.2, -0.15) is 5.10 Å². The third-order valence-corrected chi connectivity index (χ3v) is 2.99. The van der Waals surface area contributed by atoms with Gasteiger partial charge in [-0.25, -0.2) is 0 Å². The maximum absolute atomic E-state index is 5.88. The molecule has 0 aliphatic heterocycles. The van der Waals surface area contributed by atoms with E-state index in [0.29, 0.717) is 5.02 Å². The molecule has 1 aromatic rings. The molecule has 0 aliphatic rings. The number of nitrogens with two attached hydrogens (primary N) is 2. The average molecular weight is 190 g/mol. The molecule has 0 saturated heterocycles. The number of amidine groups is 1. The Labute approximate surface area is 73.7 Å². The van der Waals surface area contributed by atoms with Crippen molar-refractivity contribution in [2.45, 2.75) is 6.92 Å². The lowest BCUT2D eigenvalue weighted by Gasteiger charge is -1.94. The van der Waals surface area contributed by atoms with Crippen molar-refractivity contribution in [3.05, 3.63) is 20.8 Å². The van der Waals surface area contributed by atoms with Crippen LogP contribution in [-0.4, -0.2) is 5.84 Å². The molecule has 0 fully saturated rings. The Balaban J connectivity index is 3.15. The van der Waals surface area contributed by atoms with Crippen LogP contribution in [0.3, 0.4) is 0 Å². The number of hydrogen-bond donors (Lipinski definition) is 2. The monoisotopic (exact) mass is 189 g/mol. The fourth-order valence-corrected chi connectivity index (χ4v) is 1.86. The van der Waals surface area contributed by atoms with Crippen LogP contribution in [0.15, 0.2) is 10.5 Å². The Morgan fingerprint density at radius 1 is 1.73 bits per heavy atom. The van der Waals surface area contributed by atoms with Crippen LogP contribution in [0.5, 0.6) is 0 Å². The van der Waals surface area contributed by atoms with Crippen molar-refractivity contribution in [3.8, 4) is 0 Å². The van der Waals surface area contributed by atoms with Crippen molar-refractivity contribution in [2.75, 3.05) is 0 Å². The van der Waals surface area contributed by atoms with E-state index in [4.69, 9.17) is 23.2 Å². The molecule has 0 atom stereocenters. The van der Waals surface area contributed by atoms with E-state index in [-0.39, 0.29) is 5.84 Å². The van der Waals surface area contributed by atoms with Gasteiger partial charge in [0, 0.05) is 0 Å². The highest BCUT2D eigenvalue weighted by molar-refractivity contribution is 7.13. The van der Waals surface area contributed by atoms with Gasteiger partial charge in [0.1, 0.15) is 0 Å². The standard InChI is InChI=1S/C6H8ClN3S/c1-3-2-11-5(4(3)7)6(8)10-9/h2H,9H2,1H3,(H2,8,10). The molecule has 4 N–H and O–H groups in total. The van der Waals surface area contributed by atoms with Crippen molar-refractivity contribution in [1.29, 1.82) is 0 Å². The molecule has 0 bridgehead atoms. The topological polar surface area (TPSA) is 64.4 Å². The molecule has 0 aromatic carbocycles. The maximum Gasteiger partial charge on any atom is 0.161 e. The van der Waals surface area contributed by atoms with Gasteiger partial charge in [-0.05, 0) is 17.9 Å². The summed E-state index contributed by atoms with van der Waals surface area (Å²) in [6.45, 7) is 1.91. The molecular weight excluding hydrogens is 182 g/mol. The van der Waals surface area contributed by atoms with Crippen molar-refractivity contribution >= 4 is 28.8 Å². The predicted octanol–water partition coefficient (Wildman–Crippen LogP) is 1.29. The third kappa shape index (κ3) is 1.46. The van der Waals surface area contributed by atoms with Crippen molar-refractivity contribution in [1.82, 2.24) is 0 Å². The van der Waals surface area contributed by atoms with Crippen molar-refractivity contribution in [2.24, 2.45) is 16.7 Å². The summed E-state index contributed by atoms with van der Waals surface area (Å²) in [5, 5.41) is 5.91. The van der Waals surface area contributed by atoms with Gasteiger partial charge < -0.3 is 11.6 Å². The first-order valence-corrected chi connectivity index (χ1v) is 4.20. The second-order valence-electron chi connectivity index (χ2n) is 2.08. The number of nitrogens with zero attached hydrogens (tertiary/aromatic N) is 1. The lowest BCUT2D eigenvalue weighted by Crippen LogP contribution is -2.14. The molecule has 0 amide bonds. The number of aryl methyl sites for hydroxylation is 1. The Bertz CT molecular complexity index is 292. The van der Waals surface area contributed by atoms with Gasteiger partial charge in [0.05, 0.1) is 9.90 Å². The Morgan fingerprint density at radius 3 is 2.73 bits per heavy atom. The molecule has 0 saturated carbocycles. The van der Waals surface area contributed by atoms with Gasteiger partial charge in [0.15, 0.2) is 5.84 Å². The highest BCUT2D eigenvalue weighted by atomic mass is 35.5. The minimum atomic E-state index is 0.285. The van der Waals surface area contributed by atoms with Gasteiger partial charge in [-0.1, -0.05) is 11.6 Å². The minimum Gasteiger partial charge on any atom is -0.381 e. The minimum absolute atomic E-state index is 0.285. The number of halogens is 1. The molecule has 11 heavy (non-hydrogen) atoms. The van der Waals surface area contributed by atoms with E-state index in [9.17, 15) is 0 Å². The highest BCUT2D eigenvalue weighted by Gasteiger charge is 2.08. The first kappa shape index (κ1) is 8.36. The maximum atomic E-state index is 5.88. The van der Waals surface area contributed by atoms with Crippen LogP contribution in [0, 0.1) is 6.92 Å². The Morgan fingerprint density at radius 2 is 2.36 bits per heavy atom. The van der Waals surface area contributed by atoms with E-state index in [1.165, 1.54) is 11.3 Å². The lowest BCUT2D eigenvalue weighted by atomic mass is 10.3. The summed E-state index contributed by atoms with van der Waals surface area (Å²) in [4.78, 5) is 0.742. The first-order chi connectivity index (χ1) is 5.16.